The van der Waals surface area contributed by atoms with Crippen molar-refractivity contribution in [1.29, 1.82) is 0 Å². The van der Waals surface area contributed by atoms with Crippen molar-refractivity contribution in [2.75, 3.05) is 37.0 Å². The Balaban J connectivity index is 1.92. The van der Waals surface area contributed by atoms with E-state index in [0.29, 0.717) is 0 Å². The number of likely N-dealkylation sites (tertiary alicyclic amines) is 1. The molecule has 22 heavy (non-hydrogen) atoms. The van der Waals surface area contributed by atoms with Gasteiger partial charge in [-0.2, -0.15) is 0 Å². The van der Waals surface area contributed by atoms with E-state index < -0.39 is 0 Å². The highest BCUT2D eigenvalue weighted by molar-refractivity contribution is 5.90. The fraction of sp³-hybridized carbons (Fsp3) is 0.588. The molecule has 0 unspecified atom stereocenters. The molecule has 1 atom stereocenters. The van der Waals surface area contributed by atoms with E-state index in [1.54, 1.807) is 4.90 Å². The number of aliphatic hydroxyl groups excluding tert-OH is 1. The molecular formula is C17H27N3O2. The van der Waals surface area contributed by atoms with Crippen LogP contribution in [0.2, 0.25) is 0 Å². The van der Waals surface area contributed by atoms with E-state index in [4.69, 9.17) is 0 Å². The van der Waals surface area contributed by atoms with Crippen molar-refractivity contribution in [2.45, 2.75) is 38.6 Å². The molecule has 2 amide bonds. The number of anilines is 2. The van der Waals surface area contributed by atoms with Gasteiger partial charge in [0.1, 0.15) is 0 Å². The lowest BCUT2D eigenvalue weighted by Crippen LogP contribution is -2.40. The first kappa shape index (κ1) is 16.6. The zero-order valence-corrected chi connectivity index (χ0v) is 13.6. The first-order valence-corrected chi connectivity index (χ1v) is 8.15. The van der Waals surface area contributed by atoms with Crippen molar-refractivity contribution in [2.24, 2.45) is 0 Å². The second kappa shape index (κ2) is 8.03. The van der Waals surface area contributed by atoms with Crippen LogP contribution in [-0.2, 0) is 0 Å². The number of nitrogens with zero attached hydrogens (tertiary/aromatic N) is 2. The molecule has 1 saturated heterocycles. The van der Waals surface area contributed by atoms with Crippen LogP contribution >= 0.6 is 0 Å². The van der Waals surface area contributed by atoms with Crippen LogP contribution in [0.4, 0.5) is 16.2 Å². The number of aliphatic hydroxyl groups is 1. The summed E-state index contributed by atoms with van der Waals surface area (Å²) in [5.74, 6) is 0. The van der Waals surface area contributed by atoms with Gasteiger partial charge in [-0.25, -0.2) is 4.79 Å². The minimum Gasteiger partial charge on any atom is -0.394 e. The Labute approximate surface area is 132 Å². The zero-order chi connectivity index (χ0) is 15.9. The number of carbonyl (C=O) groups is 1. The summed E-state index contributed by atoms with van der Waals surface area (Å²) in [6.07, 6.45) is 4.19. The third-order valence-electron chi connectivity index (χ3n) is 4.26. The van der Waals surface area contributed by atoms with Crippen molar-refractivity contribution in [3.8, 4) is 0 Å². The van der Waals surface area contributed by atoms with Crippen molar-refractivity contribution in [3.63, 3.8) is 0 Å². The van der Waals surface area contributed by atoms with Crippen LogP contribution in [0.25, 0.3) is 0 Å². The van der Waals surface area contributed by atoms with E-state index in [0.717, 1.165) is 37.3 Å². The van der Waals surface area contributed by atoms with Crippen molar-refractivity contribution in [1.82, 2.24) is 4.90 Å². The first-order chi connectivity index (χ1) is 10.7. The third kappa shape index (κ3) is 4.13. The Morgan fingerprint density at radius 3 is 2.77 bits per heavy atom. The van der Waals surface area contributed by atoms with Crippen LogP contribution in [0, 0.1) is 0 Å². The molecule has 1 aliphatic rings. The summed E-state index contributed by atoms with van der Waals surface area (Å²) in [6, 6.07) is 7.75. The maximum atomic E-state index is 12.2. The molecule has 5 nitrogen and oxygen atoms in total. The Hall–Kier alpha value is -1.75. The second-order valence-electron chi connectivity index (χ2n) is 5.92. The summed E-state index contributed by atoms with van der Waals surface area (Å²) >= 11 is 0. The Morgan fingerprint density at radius 1 is 1.41 bits per heavy atom. The Bertz CT molecular complexity index is 475. The monoisotopic (exact) mass is 305 g/mol. The largest absolute Gasteiger partial charge is 0.394 e. The molecule has 0 spiro atoms. The fourth-order valence-corrected chi connectivity index (χ4v) is 2.81. The second-order valence-corrected chi connectivity index (χ2v) is 5.92. The Kier molecular flexibility index (Phi) is 6.07. The third-order valence-corrected chi connectivity index (χ3v) is 4.26. The van der Waals surface area contributed by atoms with E-state index in [-0.39, 0.29) is 18.7 Å². The summed E-state index contributed by atoms with van der Waals surface area (Å²) in [7, 11) is 2.08. The summed E-state index contributed by atoms with van der Waals surface area (Å²) in [5.41, 5.74) is 1.95. The summed E-state index contributed by atoms with van der Waals surface area (Å²) in [4.78, 5) is 16.2. The average molecular weight is 305 g/mol. The SMILES string of the molecule is CCCCN(C)c1ccc(NC(=O)N2CCC[C@H]2CO)cc1. The minimum absolute atomic E-state index is 0.0363. The van der Waals surface area contributed by atoms with Gasteiger partial charge in [-0.05, 0) is 43.5 Å². The number of benzene rings is 1. The van der Waals surface area contributed by atoms with Gasteiger partial charge in [-0.15, -0.1) is 0 Å². The van der Waals surface area contributed by atoms with Gasteiger partial charge in [0.2, 0.25) is 0 Å². The highest BCUT2D eigenvalue weighted by Gasteiger charge is 2.27. The van der Waals surface area contributed by atoms with Crippen molar-refractivity contribution in [3.05, 3.63) is 24.3 Å². The lowest BCUT2D eigenvalue weighted by atomic mass is 10.2. The van der Waals surface area contributed by atoms with Crippen molar-refractivity contribution >= 4 is 17.4 Å². The molecule has 2 N–H and O–H groups in total. The molecule has 0 aliphatic carbocycles. The quantitative estimate of drug-likeness (QED) is 0.849. The van der Waals surface area contributed by atoms with Gasteiger partial charge in [0, 0.05) is 31.5 Å². The Morgan fingerprint density at radius 2 is 2.14 bits per heavy atom. The molecule has 1 heterocycles. The number of urea groups is 1. The molecule has 122 valence electrons. The predicted molar refractivity (Wildman–Crippen MR) is 90.5 cm³/mol. The average Bonchev–Trinajstić information content (AvgIpc) is 3.02. The number of nitrogens with one attached hydrogen (secondary N) is 1. The number of hydrogen-bond acceptors (Lipinski definition) is 3. The maximum absolute atomic E-state index is 12.2. The van der Waals surface area contributed by atoms with Gasteiger partial charge in [-0.1, -0.05) is 13.3 Å². The number of carbonyl (C=O) groups excluding carboxylic acids is 1. The molecule has 1 aliphatic heterocycles. The molecule has 0 aromatic heterocycles. The van der Waals surface area contributed by atoms with E-state index in [1.807, 2.05) is 24.3 Å². The van der Waals surface area contributed by atoms with Gasteiger partial charge in [-0.3, -0.25) is 0 Å². The van der Waals surface area contributed by atoms with Crippen LogP contribution in [0.1, 0.15) is 32.6 Å². The standard InChI is InChI=1S/C17H27N3O2/c1-3-4-11-19(2)15-9-7-14(8-10-15)18-17(22)20-12-5-6-16(20)13-21/h7-10,16,21H,3-6,11-13H2,1-2H3,(H,18,22)/t16-/m0/s1. The molecule has 0 radical (unpaired) electrons. The van der Waals surface area contributed by atoms with Gasteiger partial charge < -0.3 is 20.2 Å². The molecule has 1 aromatic carbocycles. The van der Waals surface area contributed by atoms with Crippen molar-refractivity contribution < 1.29 is 9.90 Å². The smallest absolute Gasteiger partial charge is 0.322 e. The molecule has 5 heteroatoms. The van der Waals surface area contributed by atoms with Gasteiger partial charge >= 0.3 is 6.03 Å². The number of unbranched alkanes of at least 4 members (excludes halogenated alkanes) is 1. The molecule has 2 rings (SSSR count). The maximum Gasteiger partial charge on any atom is 0.322 e. The van der Waals surface area contributed by atoms with Gasteiger partial charge in [0.25, 0.3) is 0 Å². The summed E-state index contributed by atoms with van der Waals surface area (Å²) in [6.45, 7) is 3.97. The van der Waals surface area contributed by atoms with Gasteiger partial charge in [0.15, 0.2) is 0 Å². The molecule has 0 saturated carbocycles. The summed E-state index contributed by atoms with van der Waals surface area (Å²) < 4.78 is 0. The highest BCUT2D eigenvalue weighted by Crippen LogP contribution is 2.20. The van der Waals surface area contributed by atoms with Crippen LogP contribution < -0.4 is 10.2 Å². The zero-order valence-electron chi connectivity index (χ0n) is 13.6. The molecule has 1 aromatic rings. The van der Waals surface area contributed by atoms with E-state index in [9.17, 15) is 9.90 Å². The fourth-order valence-electron chi connectivity index (χ4n) is 2.81. The number of rotatable bonds is 6. The number of amides is 2. The van der Waals surface area contributed by atoms with Gasteiger partial charge in [0.05, 0.1) is 12.6 Å². The predicted octanol–water partition coefficient (Wildman–Crippen LogP) is 2.91. The van der Waals surface area contributed by atoms with Crippen LogP contribution in [0.15, 0.2) is 24.3 Å². The lowest BCUT2D eigenvalue weighted by Gasteiger charge is -2.23. The summed E-state index contributed by atoms with van der Waals surface area (Å²) in [5, 5.41) is 12.2. The normalized spacial score (nSPS) is 17.6. The molecular weight excluding hydrogens is 278 g/mol. The van der Waals surface area contributed by atoms with E-state index in [1.165, 1.54) is 12.8 Å². The lowest BCUT2D eigenvalue weighted by molar-refractivity contribution is 0.166. The molecule has 0 bridgehead atoms. The van der Waals surface area contributed by atoms with E-state index in [2.05, 4.69) is 24.2 Å². The van der Waals surface area contributed by atoms with Crippen LogP contribution in [0.3, 0.4) is 0 Å². The first-order valence-electron chi connectivity index (χ1n) is 8.15. The van der Waals surface area contributed by atoms with Crippen LogP contribution in [-0.4, -0.2) is 48.8 Å². The molecule has 1 fully saturated rings. The highest BCUT2D eigenvalue weighted by atomic mass is 16.3. The topological polar surface area (TPSA) is 55.8 Å². The number of hydrogen-bond donors (Lipinski definition) is 2. The minimum atomic E-state index is -0.122. The van der Waals surface area contributed by atoms with Crippen LogP contribution in [0.5, 0.6) is 0 Å². The van der Waals surface area contributed by atoms with E-state index >= 15 is 0 Å².